The van der Waals surface area contributed by atoms with Crippen molar-refractivity contribution in [1.82, 2.24) is 15.4 Å². The second-order valence-corrected chi connectivity index (χ2v) is 7.24. The number of nitrogens with one attached hydrogen (secondary N) is 1. The van der Waals surface area contributed by atoms with E-state index in [-0.39, 0.29) is 0 Å². The molecule has 1 saturated heterocycles. The van der Waals surface area contributed by atoms with Crippen LogP contribution in [0.1, 0.15) is 43.0 Å². The lowest BCUT2D eigenvalue weighted by Gasteiger charge is -2.29. The number of benzene rings is 1. The molecule has 1 fully saturated rings. The summed E-state index contributed by atoms with van der Waals surface area (Å²) in [6.07, 6.45) is 2.95. The van der Waals surface area contributed by atoms with Crippen LogP contribution in [0.15, 0.2) is 16.7 Å². The Kier molecular flexibility index (Phi) is 8.73. The molecular formula is C21H33N3O4. The van der Waals surface area contributed by atoms with Crippen LogP contribution in [-0.2, 0) is 17.8 Å². The van der Waals surface area contributed by atoms with Gasteiger partial charge in [-0.05, 0) is 71.2 Å². The van der Waals surface area contributed by atoms with Gasteiger partial charge in [-0.3, -0.25) is 0 Å². The molecule has 1 aromatic heterocycles. The van der Waals surface area contributed by atoms with Gasteiger partial charge in [-0.2, -0.15) is 0 Å². The lowest BCUT2D eigenvalue weighted by atomic mass is 9.91. The third kappa shape index (κ3) is 5.69. The third-order valence-corrected chi connectivity index (χ3v) is 5.21. The average Bonchev–Trinajstić information content (AvgIpc) is 3.11. The molecule has 0 saturated carbocycles. The highest BCUT2D eigenvalue weighted by Crippen LogP contribution is 2.28. The smallest absolute Gasteiger partial charge is 0.407 e. The predicted molar refractivity (Wildman–Crippen MR) is 110 cm³/mol. The van der Waals surface area contributed by atoms with Gasteiger partial charge in [0, 0.05) is 30.6 Å². The van der Waals surface area contributed by atoms with Gasteiger partial charge in [0.25, 0.3) is 0 Å². The average molecular weight is 392 g/mol. The number of fused-ring (bicyclic) bond motifs is 1. The van der Waals surface area contributed by atoms with E-state index >= 15 is 0 Å². The Bertz CT molecular complexity index is 751. The van der Waals surface area contributed by atoms with Crippen LogP contribution in [-0.4, -0.2) is 55.0 Å². The maximum absolute atomic E-state index is 11.0. The van der Waals surface area contributed by atoms with Gasteiger partial charge in [-0.15, -0.1) is 0 Å². The molecule has 1 aliphatic rings. The van der Waals surface area contributed by atoms with Gasteiger partial charge in [0.15, 0.2) is 5.58 Å². The summed E-state index contributed by atoms with van der Waals surface area (Å²) in [6, 6.07) is 4.18. The zero-order chi connectivity index (χ0) is 20.5. The SMILES string of the molecule is CCOCc1ccc2c(CCC3CCN(C(=O)O)CC3)noc2c1C.CNC. The minimum Gasteiger partial charge on any atom is -0.465 e. The van der Waals surface area contributed by atoms with E-state index in [1.54, 1.807) is 0 Å². The van der Waals surface area contributed by atoms with Crippen molar-refractivity contribution >= 4 is 17.1 Å². The fourth-order valence-corrected chi connectivity index (χ4v) is 3.53. The first-order chi connectivity index (χ1) is 13.5. The number of carbonyl (C=O) groups is 1. The topological polar surface area (TPSA) is 87.8 Å². The minimum absolute atomic E-state index is 0.556. The number of carboxylic acid groups (broad SMARTS) is 1. The van der Waals surface area contributed by atoms with Crippen molar-refractivity contribution in [1.29, 1.82) is 0 Å². The predicted octanol–water partition coefficient (Wildman–Crippen LogP) is 3.83. The lowest BCUT2D eigenvalue weighted by Crippen LogP contribution is -2.37. The Morgan fingerprint density at radius 2 is 2.04 bits per heavy atom. The first-order valence-corrected chi connectivity index (χ1v) is 10.0. The summed E-state index contributed by atoms with van der Waals surface area (Å²) in [5, 5.41) is 17.1. The Hall–Kier alpha value is -2.12. The van der Waals surface area contributed by atoms with E-state index in [0.717, 1.165) is 53.5 Å². The van der Waals surface area contributed by atoms with Crippen LogP contribution in [0.2, 0.25) is 0 Å². The molecule has 0 atom stereocenters. The van der Waals surface area contributed by atoms with E-state index in [1.807, 2.05) is 27.9 Å². The number of amides is 1. The molecule has 2 heterocycles. The van der Waals surface area contributed by atoms with E-state index in [2.05, 4.69) is 22.6 Å². The fourth-order valence-electron chi connectivity index (χ4n) is 3.53. The largest absolute Gasteiger partial charge is 0.465 e. The molecule has 7 nitrogen and oxygen atoms in total. The zero-order valence-corrected chi connectivity index (χ0v) is 17.5. The van der Waals surface area contributed by atoms with Gasteiger partial charge in [0.1, 0.15) is 0 Å². The summed E-state index contributed by atoms with van der Waals surface area (Å²) in [5.74, 6) is 0.556. The molecule has 1 amide bonds. The van der Waals surface area contributed by atoms with Crippen LogP contribution in [0.4, 0.5) is 4.79 Å². The molecule has 0 radical (unpaired) electrons. The molecule has 1 aromatic carbocycles. The first-order valence-electron chi connectivity index (χ1n) is 10.0. The van der Waals surface area contributed by atoms with E-state index in [1.165, 1.54) is 4.90 Å². The minimum atomic E-state index is -0.806. The van der Waals surface area contributed by atoms with Crippen LogP contribution in [0.3, 0.4) is 0 Å². The second-order valence-electron chi connectivity index (χ2n) is 7.24. The zero-order valence-electron chi connectivity index (χ0n) is 17.5. The van der Waals surface area contributed by atoms with Gasteiger partial charge >= 0.3 is 6.09 Å². The summed E-state index contributed by atoms with van der Waals surface area (Å²) in [5.41, 5.74) is 4.09. The van der Waals surface area contributed by atoms with Crippen molar-refractivity contribution in [3.05, 3.63) is 29.0 Å². The summed E-state index contributed by atoms with van der Waals surface area (Å²) in [4.78, 5) is 12.5. The molecule has 0 unspecified atom stereocenters. The second kappa shape index (κ2) is 11.0. The Labute approximate surface area is 167 Å². The van der Waals surface area contributed by atoms with Gasteiger partial charge in [0.05, 0.1) is 12.3 Å². The lowest BCUT2D eigenvalue weighted by molar-refractivity contribution is 0.123. The third-order valence-electron chi connectivity index (χ3n) is 5.21. The summed E-state index contributed by atoms with van der Waals surface area (Å²) < 4.78 is 11.1. The summed E-state index contributed by atoms with van der Waals surface area (Å²) in [7, 11) is 3.75. The van der Waals surface area contributed by atoms with Crippen LogP contribution in [0.5, 0.6) is 0 Å². The standard InChI is InChI=1S/C19H26N2O4.C2H7N/c1-3-24-12-15-5-6-16-17(20-25-18(16)13(15)2)7-4-14-8-10-21(11-9-14)19(22)23;1-3-2/h5-6,14H,3-4,7-12H2,1-2H3,(H,22,23);3H,1-2H3. The number of hydrogen-bond donors (Lipinski definition) is 2. The maximum atomic E-state index is 11.0. The van der Waals surface area contributed by atoms with Crippen molar-refractivity contribution in [2.24, 2.45) is 5.92 Å². The first kappa shape index (κ1) is 22.2. The Morgan fingerprint density at radius 1 is 1.36 bits per heavy atom. The normalized spacial score (nSPS) is 14.8. The highest BCUT2D eigenvalue weighted by molar-refractivity contribution is 5.83. The van der Waals surface area contributed by atoms with Crippen molar-refractivity contribution in [3.63, 3.8) is 0 Å². The maximum Gasteiger partial charge on any atom is 0.407 e. The van der Waals surface area contributed by atoms with Crippen LogP contribution in [0, 0.1) is 12.8 Å². The molecule has 156 valence electrons. The van der Waals surface area contributed by atoms with Gasteiger partial charge in [0.2, 0.25) is 0 Å². The molecule has 28 heavy (non-hydrogen) atoms. The van der Waals surface area contributed by atoms with Crippen LogP contribution >= 0.6 is 0 Å². The number of aromatic nitrogens is 1. The van der Waals surface area contributed by atoms with E-state index < -0.39 is 6.09 Å². The van der Waals surface area contributed by atoms with E-state index in [4.69, 9.17) is 14.4 Å². The van der Waals surface area contributed by atoms with Crippen molar-refractivity contribution < 1.29 is 19.2 Å². The molecule has 2 N–H and O–H groups in total. The molecule has 0 bridgehead atoms. The summed E-state index contributed by atoms with van der Waals surface area (Å²) >= 11 is 0. The quantitative estimate of drug-likeness (QED) is 0.778. The van der Waals surface area contributed by atoms with Crippen molar-refractivity contribution in [2.75, 3.05) is 33.8 Å². The van der Waals surface area contributed by atoms with Gasteiger partial charge in [-0.1, -0.05) is 11.2 Å². The number of nitrogens with zero attached hydrogens (tertiary/aromatic N) is 2. The van der Waals surface area contributed by atoms with Crippen LogP contribution < -0.4 is 5.32 Å². The molecule has 0 spiro atoms. The number of piperidine rings is 1. The molecule has 0 aliphatic carbocycles. The molecule has 1 aliphatic heterocycles. The Balaban J connectivity index is 0.000000878. The van der Waals surface area contributed by atoms with E-state index in [9.17, 15) is 4.79 Å². The van der Waals surface area contributed by atoms with Gasteiger partial charge in [-0.25, -0.2) is 4.79 Å². The Morgan fingerprint density at radius 3 is 2.64 bits per heavy atom. The van der Waals surface area contributed by atoms with Crippen molar-refractivity contribution in [2.45, 2.75) is 46.1 Å². The van der Waals surface area contributed by atoms with E-state index in [0.29, 0.717) is 32.2 Å². The van der Waals surface area contributed by atoms with Gasteiger partial charge < -0.3 is 24.6 Å². The number of ether oxygens (including phenoxy) is 1. The molecule has 3 rings (SSSR count). The highest BCUT2D eigenvalue weighted by atomic mass is 16.5. The molecule has 7 heteroatoms. The number of aryl methyl sites for hydroxylation is 2. The molecular weight excluding hydrogens is 358 g/mol. The number of rotatable bonds is 6. The van der Waals surface area contributed by atoms with Crippen molar-refractivity contribution in [3.8, 4) is 0 Å². The monoisotopic (exact) mass is 391 g/mol. The highest BCUT2D eigenvalue weighted by Gasteiger charge is 2.23. The molecule has 2 aromatic rings. The van der Waals surface area contributed by atoms with Crippen LogP contribution in [0.25, 0.3) is 11.0 Å². The number of likely N-dealkylation sites (tertiary alicyclic amines) is 1. The summed E-state index contributed by atoms with van der Waals surface area (Å²) in [6.45, 7) is 6.60. The number of hydrogen-bond acceptors (Lipinski definition) is 5. The fraction of sp³-hybridized carbons (Fsp3) is 0.619.